The fourth-order valence-electron chi connectivity index (χ4n) is 3.53. The summed E-state index contributed by atoms with van der Waals surface area (Å²) in [7, 11) is 1.59. The Balaban J connectivity index is 1.44. The standard InChI is InChI=1S/C23H28N2O5/c1-3-29-23(28)18-10-12-25(13-11-18)21(26)15-24(2)22(27)16-30-20-9-8-17-6-4-5-7-19(17)14-20/h4-9,14,18H,3,10-13,15-16H2,1-2H3. The Labute approximate surface area is 176 Å². The zero-order chi connectivity index (χ0) is 21.5. The highest BCUT2D eigenvalue weighted by Crippen LogP contribution is 2.21. The van der Waals surface area contributed by atoms with Gasteiger partial charge in [-0.1, -0.05) is 30.3 Å². The van der Waals surface area contributed by atoms with E-state index in [1.165, 1.54) is 4.90 Å². The smallest absolute Gasteiger partial charge is 0.309 e. The van der Waals surface area contributed by atoms with Crippen LogP contribution >= 0.6 is 0 Å². The van der Waals surface area contributed by atoms with Crippen molar-refractivity contribution in [2.24, 2.45) is 5.92 Å². The first-order chi connectivity index (χ1) is 14.5. The minimum atomic E-state index is -0.266. The summed E-state index contributed by atoms with van der Waals surface area (Å²) in [6.07, 6.45) is 1.18. The molecule has 0 bridgehead atoms. The molecule has 160 valence electrons. The molecule has 3 rings (SSSR count). The molecule has 2 aromatic carbocycles. The van der Waals surface area contributed by atoms with Gasteiger partial charge in [-0.3, -0.25) is 14.4 Å². The SMILES string of the molecule is CCOC(=O)C1CCN(C(=O)CN(C)C(=O)COc2ccc3ccccc3c2)CC1. The summed E-state index contributed by atoms with van der Waals surface area (Å²) < 4.78 is 10.7. The Morgan fingerprint density at radius 2 is 1.77 bits per heavy atom. The normalized spacial score (nSPS) is 14.4. The minimum Gasteiger partial charge on any atom is -0.484 e. The van der Waals surface area contributed by atoms with Gasteiger partial charge < -0.3 is 19.3 Å². The summed E-state index contributed by atoms with van der Waals surface area (Å²) in [4.78, 5) is 39.8. The molecule has 0 atom stereocenters. The van der Waals surface area contributed by atoms with Gasteiger partial charge in [0, 0.05) is 20.1 Å². The molecule has 30 heavy (non-hydrogen) atoms. The quantitative estimate of drug-likeness (QED) is 0.653. The number of piperidine rings is 1. The zero-order valence-electron chi connectivity index (χ0n) is 17.5. The van der Waals surface area contributed by atoms with Crippen LogP contribution in [-0.2, 0) is 19.1 Å². The van der Waals surface area contributed by atoms with E-state index < -0.39 is 0 Å². The molecule has 0 unspecified atom stereocenters. The Hall–Kier alpha value is -3.09. The second-order valence-electron chi connectivity index (χ2n) is 7.45. The van der Waals surface area contributed by atoms with E-state index in [-0.39, 0.29) is 36.9 Å². The highest BCUT2D eigenvalue weighted by atomic mass is 16.5. The van der Waals surface area contributed by atoms with Crippen molar-refractivity contribution in [3.05, 3.63) is 42.5 Å². The van der Waals surface area contributed by atoms with Gasteiger partial charge in [0.1, 0.15) is 5.75 Å². The molecule has 1 saturated heterocycles. The molecule has 0 radical (unpaired) electrons. The molecule has 1 fully saturated rings. The topological polar surface area (TPSA) is 76.2 Å². The molecule has 2 amide bonds. The maximum Gasteiger partial charge on any atom is 0.309 e. The minimum absolute atomic E-state index is 0.00993. The summed E-state index contributed by atoms with van der Waals surface area (Å²) in [5.74, 6) is -0.119. The van der Waals surface area contributed by atoms with Gasteiger partial charge in [-0.15, -0.1) is 0 Å². The van der Waals surface area contributed by atoms with Gasteiger partial charge in [-0.2, -0.15) is 0 Å². The second kappa shape index (κ2) is 10.1. The van der Waals surface area contributed by atoms with E-state index in [0.717, 1.165) is 10.8 Å². The first kappa shape index (κ1) is 21.6. The number of nitrogens with zero attached hydrogens (tertiary/aromatic N) is 2. The highest BCUT2D eigenvalue weighted by Gasteiger charge is 2.29. The Morgan fingerprint density at radius 1 is 1.07 bits per heavy atom. The maximum absolute atomic E-state index is 12.5. The summed E-state index contributed by atoms with van der Waals surface area (Å²) in [5.41, 5.74) is 0. The fourth-order valence-corrected chi connectivity index (χ4v) is 3.53. The average Bonchev–Trinajstić information content (AvgIpc) is 2.77. The van der Waals surface area contributed by atoms with Gasteiger partial charge in [0.05, 0.1) is 19.1 Å². The number of likely N-dealkylation sites (tertiary alicyclic amines) is 1. The molecular formula is C23H28N2O5. The number of carbonyl (C=O) groups excluding carboxylic acids is 3. The zero-order valence-corrected chi connectivity index (χ0v) is 17.5. The Morgan fingerprint density at radius 3 is 2.47 bits per heavy atom. The van der Waals surface area contributed by atoms with Crippen molar-refractivity contribution in [1.29, 1.82) is 0 Å². The van der Waals surface area contributed by atoms with Crippen LogP contribution in [-0.4, -0.2) is 67.5 Å². The second-order valence-corrected chi connectivity index (χ2v) is 7.45. The van der Waals surface area contributed by atoms with Crippen LogP contribution in [0.3, 0.4) is 0 Å². The van der Waals surface area contributed by atoms with Gasteiger partial charge in [0.25, 0.3) is 5.91 Å². The number of carbonyl (C=O) groups is 3. The van der Waals surface area contributed by atoms with Crippen LogP contribution in [0.25, 0.3) is 10.8 Å². The van der Waals surface area contributed by atoms with E-state index in [1.54, 1.807) is 18.9 Å². The third-order valence-electron chi connectivity index (χ3n) is 5.35. The number of fused-ring (bicyclic) bond motifs is 1. The van der Waals surface area contributed by atoms with E-state index in [1.807, 2.05) is 42.5 Å². The lowest BCUT2D eigenvalue weighted by molar-refractivity contribution is -0.151. The number of benzene rings is 2. The van der Waals surface area contributed by atoms with Crippen LogP contribution in [0, 0.1) is 5.92 Å². The molecule has 0 aromatic heterocycles. The van der Waals surface area contributed by atoms with Crippen LogP contribution in [0.5, 0.6) is 5.75 Å². The first-order valence-corrected chi connectivity index (χ1v) is 10.3. The molecule has 1 heterocycles. The number of hydrogen-bond donors (Lipinski definition) is 0. The molecular weight excluding hydrogens is 384 g/mol. The van der Waals surface area contributed by atoms with Crippen LogP contribution in [0.2, 0.25) is 0 Å². The lowest BCUT2D eigenvalue weighted by Gasteiger charge is -2.32. The third-order valence-corrected chi connectivity index (χ3v) is 5.35. The molecule has 1 aliphatic heterocycles. The maximum atomic E-state index is 12.5. The van der Waals surface area contributed by atoms with E-state index in [9.17, 15) is 14.4 Å². The van der Waals surface area contributed by atoms with Gasteiger partial charge in [-0.05, 0) is 42.7 Å². The predicted octanol–water partition coefficient (Wildman–Crippen LogP) is 2.48. The van der Waals surface area contributed by atoms with Gasteiger partial charge >= 0.3 is 5.97 Å². The van der Waals surface area contributed by atoms with Crippen molar-refractivity contribution in [2.45, 2.75) is 19.8 Å². The van der Waals surface area contributed by atoms with Crippen LogP contribution in [0.4, 0.5) is 0 Å². The first-order valence-electron chi connectivity index (χ1n) is 10.3. The van der Waals surface area contributed by atoms with Crippen LogP contribution < -0.4 is 4.74 Å². The highest BCUT2D eigenvalue weighted by molar-refractivity contribution is 5.86. The van der Waals surface area contributed by atoms with Crippen molar-refractivity contribution in [2.75, 3.05) is 39.9 Å². The Bertz CT molecular complexity index is 905. The van der Waals surface area contributed by atoms with Gasteiger partial charge in [0.2, 0.25) is 5.91 Å². The largest absolute Gasteiger partial charge is 0.484 e. The number of amides is 2. The number of rotatable bonds is 7. The van der Waals surface area contributed by atoms with Crippen molar-refractivity contribution in [1.82, 2.24) is 9.80 Å². The fraction of sp³-hybridized carbons (Fsp3) is 0.435. The van der Waals surface area contributed by atoms with Gasteiger partial charge in [0.15, 0.2) is 6.61 Å². The molecule has 7 nitrogen and oxygen atoms in total. The van der Waals surface area contributed by atoms with Crippen molar-refractivity contribution in [3.63, 3.8) is 0 Å². The lowest BCUT2D eigenvalue weighted by Crippen LogP contribution is -2.46. The molecule has 0 spiro atoms. The van der Waals surface area contributed by atoms with E-state index >= 15 is 0 Å². The van der Waals surface area contributed by atoms with E-state index in [4.69, 9.17) is 9.47 Å². The molecule has 0 saturated carbocycles. The molecule has 0 aliphatic carbocycles. The lowest BCUT2D eigenvalue weighted by atomic mass is 9.97. The molecule has 1 aliphatic rings. The summed E-state index contributed by atoms with van der Waals surface area (Å²) in [6.45, 7) is 3.01. The van der Waals surface area contributed by atoms with Crippen molar-refractivity contribution in [3.8, 4) is 5.75 Å². The predicted molar refractivity (Wildman–Crippen MR) is 113 cm³/mol. The monoisotopic (exact) mass is 412 g/mol. The van der Waals surface area contributed by atoms with Crippen molar-refractivity contribution < 1.29 is 23.9 Å². The third kappa shape index (κ3) is 5.49. The number of esters is 1. The van der Waals surface area contributed by atoms with Gasteiger partial charge in [-0.25, -0.2) is 0 Å². The Kier molecular flexibility index (Phi) is 7.27. The number of ether oxygens (including phenoxy) is 2. The van der Waals surface area contributed by atoms with E-state index in [2.05, 4.69) is 0 Å². The van der Waals surface area contributed by atoms with Crippen LogP contribution in [0.1, 0.15) is 19.8 Å². The van der Waals surface area contributed by atoms with Crippen LogP contribution in [0.15, 0.2) is 42.5 Å². The molecule has 7 heteroatoms. The average molecular weight is 412 g/mol. The molecule has 2 aromatic rings. The number of hydrogen-bond acceptors (Lipinski definition) is 5. The van der Waals surface area contributed by atoms with E-state index in [0.29, 0.717) is 38.3 Å². The summed E-state index contributed by atoms with van der Waals surface area (Å²) in [6, 6.07) is 13.6. The number of likely N-dealkylation sites (N-methyl/N-ethyl adjacent to an activating group) is 1. The summed E-state index contributed by atoms with van der Waals surface area (Å²) in [5, 5.41) is 2.14. The summed E-state index contributed by atoms with van der Waals surface area (Å²) >= 11 is 0. The molecule has 0 N–H and O–H groups in total. The van der Waals surface area contributed by atoms with Crippen molar-refractivity contribution >= 4 is 28.6 Å².